The zero-order valence-corrected chi connectivity index (χ0v) is 9.34. The quantitative estimate of drug-likeness (QED) is 0.597. The second kappa shape index (κ2) is 3.35. The number of hydrogen-bond acceptors (Lipinski definition) is 2. The minimum atomic E-state index is -0.0883. The maximum atomic E-state index is 12.1. The van der Waals surface area contributed by atoms with Gasteiger partial charge < -0.3 is 9.67 Å². The maximum absolute atomic E-state index is 12.1. The van der Waals surface area contributed by atoms with Crippen LogP contribution in [0.3, 0.4) is 0 Å². The highest BCUT2D eigenvalue weighted by Gasteiger charge is 2.08. The number of rotatable bonds is 0. The van der Waals surface area contributed by atoms with Crippen LogP contribution >= 0.6 is 0 Å². The van der Waals surface area contributed by atoms with Crippen LogP contribution in [0.15, 0.2) is 47.3 Å². The number of aromatic hydroxyl groups is 1. The van der Waals surface area contributed by atoms with Crippen molar-refractivity contribution in [3.05, 3.63) is 52.8 Å². The van der Waals surface area contributed by atoms with Crippen molar-refractivity contribution >= 4 is 21.7 Å². The number of hydrogen-bond donors (Lipinski definition) is 1. The standard InChI is InChI=1S/C14H11NO2/c1-15-13-5-3-2-4-11(13)10-7-6-9(16)8-12(10)14(15)17/h2-8,16H,1H3. The Bertz CT molecular complexity index is 787. The fraction of sp³-hybridized carbons (Fsp3) is 0.0714. The van der Waals surface area contributed by atoms with Crippen LogP contribution in [0.2, 0.25) is 0 Å². The summed E-state index contributed by atoms with van der Waals surface area (Å²) in [5.74, 6) is 0.116. The summed E-state index contributed by atoms with van der Waals surface area (Å²) in [5, 5.41) is 11.9. The molecule has 1 heterocycles. The molecule has 0 aliphatic rings. The fourth-order valence-corrected chi connectivity index (χ4v) is 2.23. The van der Waals surface area contributed by atoms with Gasteiger partial charge in [0.2, 0.25) is 0 Å². The van der Waals surface area contributed by atoms with E-state index in [1.165, 1.54) is 6.07 Å². The molecule has 0 saturated heterocycles. The number of phenolic OH excluding ortho intramolecular Hbond substituents is 1. The van der Waals surface area contributed by atoms with E-state index in [9.17, 15) is 9.90 Å². The zero-order chi connectivity index (χ0) is 12.0. The van der Waals surface area contributed by atoms with E-state index in [-0.39, 0.29) is 11.3 Å². The van der Waals surface area contributed by atoms with E-state index in [4.69, 9.17) is 0 Å². The molecule has 0 aliphatic heterocycles. The minimum absolute atomic E-state index is 0.0883. The molecular formula is C14H11NO2. The van der Waals surface area contributed by atoms with Crippen LogP contribution in [-0.2, 0) is 7.05 Å². The SMILES string of the molecule is Cn1c(=O)c2cc(O)ccc2c2ccccc21. The van der Waals surface area contributed by atoms with Crippen LogP contribution in [0.1, 0.15) is 0 Å². The molecule has 0 radical (unpaired) electrons. The van der Waals surface area contributed by atoms with Gasteiger partial charge in [0, 0.05) is 12.4 Å². The van der Waals surface area contributed by atoms with Crippen LogP contribution in [-0.4, -0.2) is 9.67 Å². The predicted octanol–water partition coefficient (Wildman–Crippen LogP) is 2.40. The summed E-state index contributed by atoms with van der Waals surface area (Å²) in [6, 6.07) is 12.7. The molecule has 0 amide bonds. The number of para-hydroxylation sites is 1. The first kappa shape index (κ1) is 9.90. The van der Waals surface area contributed by atoms with Crippen molar-refractivity contribution in [3.63, 3.8) is 0 Å². The third-order valence-corrected chi connectivity index (χ3v) is 3.09. The van der Waals surface area contributed by atoms with E-state index < -0.39 is 0 Å². The van der Waals surface area contributed by atoms with Crippen molar-refractivity contribution in [2.24, 2.45) is 7.05 Å². The number of benzene rings is 2. The number of aryl methyl sites for hydroxylation is 1. The molecule has 84 valence electrons. The Kier molecular flexibility index (Phi) is 1.95. The van der Waals surface area contributed by atoms with Gasteiger partial charge in [-0.15, -0.1) is 0 Å². The van der Waals surface area contributed by atoms with Crippen molar-refractivity contribution in [2.45, 2.75) is 0 Å². The predicted molar refractivity (Wildman–Crippen MR) is 68.4 cm³/mol. The molecule has 17 heavy (non-hydrogen) atoms. The molecule has 3 nitrogen and oxygen atoms in total. The first-order valence-electron chi connectivity index (χ1n) is 5.39. The Morgan fingerprint density at radius 2 is 1.76 bits per heavy atom. The molecule has 1 aromatic heterocycles. The molecular weight excluding hydrogens is 214 g/mol. The van der Waals surface area contributed by atoms with E-state index in [1.54, 1.807) is 23.7 Å². The number of nitrogens with zero attached hydrogens (tertiary/aromatic N) is 1. The highest BCUT2D eigenvalue weighted by atomic mass is 16.3. The van der Waals surface area contributed by atoms with Gasteiger partial charge in [-0.05, 0) is 29.7 Å². The summed E-state index contributed by atoms with van der Waals surface area (Å²) in [4.78, 5) is 12.1. The summed E-state index contributed by atoms with van der Waals surface area (Å²) >= 11 is 0. The summed E-state index contributed by atoms with van der Waals surface area (Å²) in [6.45, 7) is 0. The third-order valence-electron chi connectivity index (χ3n) is 3.09. The second-order valence-electron chi connectivity index (χ2n) is 4.11. The van der Waals surface area contributed by atoms with E-state index >= 15 is 0 Å². The Hall–Kier alpha value is -2.29. The topological polar surface area (TPSA) is 42.2 Å². The lowest BCUT2D eigenvalue weighted by atomic mass is 10.1. The van der Waals surface area contributed by atoms with E-state index in [0.717, 1.165) is 16.3 Å². The Labute approximate surface area is 97.5 Å². The normalized spacial score (nSPS) is 11.1. The molecule has 0 bridgehead atoms. The van der Waals surface area contributed by atoms with Crippen LogP contribution in [0, 0.1) is 0 Å². The van der Waals surface area contributed by atoms with Crippen molar-refractivity contribution in [2.75, 3.05) is 0 Å². The summed E-state index contributed by atoms with van der Waals surface area (Å²) in [7, 11) is 1.74. The average molecular weight is 225 g/mol. The molecule has 0 atom stereocenters. The van der Waals surface area contributed by atoms with E-state index in [0.29, 0.717) is 5.39 Å². The van der Waals surface area contributed by atoms with Gasteiger partial charge in [-0.3, -0.25) is 4.79 Å². The van der Waals surface area contributed by atoms with Gasteiger partial charge in [0.15, 0.2) is 0 Å². The average Bonchev–Trinajstić information content (AvgIpc) is 2.36. The van der Waals surface area contributed by atoms with Crippen LogP contribution in [0.5, 0.6) is 5.75 Å². The number of phenols is 1. The summed E-state index contributed by atoms with van der Waals surface area (Å²) in [6.07, 6.45) is 0. The molecule has 3 heteroatoms. The molecule has 0 unspecified atom stereocenters. The molecule has 0 fully saturated rings. The lowest BCUT2D eigenvalue weighted by Crippen LogP contribution is -2.17. The van der Waals surface area contributed by atoms with Crippen molar-refractivity contribution < 1.29 is 5.11 Å². The lowest BCUT2D eigenvalue weighted by molar-refractivity contribution is 0.476. The van der Waals surface area contributed by atoms with E-state index in [1.807, 2.05) is 24.3 Å². The molecule has 1 N–H and O–H groups in total. The zero-order valence-electron chi connectivity index (χ0n) is 9.34. The number of pyridine rings is 1. The van der Waals surface area contributed by atoms with Gasteiger partial charge >= 0.3 is 0 Å². The fourth-order valence-electron chi connectivity index (χ4n) is 2.23. The van der Waals surface area contributed by atoms with Gasteiger partial charge in [0.1, 0.15) is 5.75 Å². The first-order valence-corrected chi connectivity index (χ1v) is 5.39. The Balaban J connectivity index is 2.70. The Morgan fingerprint density at radius 3 is 2.59 bits per heavy atom. The maximum Gasteiger partial charge on any atom is 0.258 e. The van der Waals surface area contributed by atoms with Gasteiger partial charge in [0.05, 0.1) is 10.9 Å². The minimum Gasteiger partial charge on any atom is -0.508 e. The van der Waals surface area contributed by atoms with E-state index in [2.05, 4.69) is 0 Å². The molecule has 3 rings (SSSR count). The number of aromatic nitrogens is 1. The largest absolute Gasteiger partial charge is 0.508 e. The van der Waals surface area contributed by atoms with Crippen molar-refractivity contribution in [3.8, 4) is 5.75 Å². The van der Waals surface area contributed by atoms with Crippen LogP contribution in [0.4, 0.5) is 0 Å². The summed E-state index contributed by atoms with van der Waals surface area (Å²) in [5.41, 5.74) is 0.810. The second-order valence-corrected chi connectivity index (χ2v) is 4.11. The van der Waals surface area contributed by atoms with Gasteiger partial charge in [-0.25, -0.2) is 0 Å². The monoisotopic (exact) mass is 225 g/mol. The smallest absolute Gasteiger partial charge is 0.258 e. The molecule has 0 aliphatic carbocycles. The highest BCUT2D eigenvalue weighted by Crippen LogP contribution is 2.24. The first-order chi connectivity index (χ1) is 8.18. The lowest BCUT2D eigenvalue weighted by Gasteiger charge is -2.08. The van der Waals surface area contributed by atoms with Gasteiger partial charge in [0.25, 0.3) is 5.56 Å². The highest BCUT2D eigenvalue weighted by molar-refractivity contribution is 6.05. The molecule has 2 aromatic carbocycles. The van der Waals surface area contributed by atoms with Crippen LogP contribution in [0.25, 0.3) is 21.7 Å². The number of fused-ring (bicyclic) bond motifs is 3. The van der Waals surface area contributed by atoms with Crippen molar-refractivity contribution in [1.29, 1.82) is 0 Å². The van der Waals surface area contributed by atoms with Gasteiger partial charge in [-0.2, -0.15) is 0 Å². The Morgan fingerprint density at radius 1 is 1.00 bits per heavy atom. The van der Waals surface area contributed by atoms with Gasteiger partial charge in [-0.1, -0.05) is 18.2 Å². The molecule has 0 spiro atoms. The molecule has 0 saturated carbocycles. The molecule has 3 aromatic rings. The third kappa shape index (κ3) is 1.32. The van der Waals surface area contributed by atoms with Crippen LogP contribution < -0.4 is 5.56 Å². The van der Waals surface area contributed by atoms with Crippen molar-refractivity contribution in [1.82, 2.24) is 4.57 Å². The summed E-state index contributed by atoms with van der Waals surface area (Å²) < 4.78 is 1.61.